The molecular weight excluding hydrogens is 330 g/mol. The summed E-state index contributed by atoms with van der Waals surface area (Å²) in [6.07, 6.45) is 7.18. The van der Waals surface area contributed by atoms with E-state index in [1.54, 1.807) is 24.3 Å². The summed E-state index contributed by atoms with van der Waals surface area (Å²) in [4.78, 5) is 26.0. The molecule has 0 bridgehead atoms. The van der Waals surface area contributed by atoms with Gasteiger partial charge in [0.2, 0.25) is 11.8 Å². The van der Waals surface area contributed by atoms with E-state index in [0.29, 0.717) is 13.2 Å². The van der Waals surface area contributed by atoms with Gasteiger partial charge in [0, 0.05) is 11.1 Å². The Morgan fingerprint density at radius 2 is 1.77 bits per heavy atom. The second-order valence-corrected chi connectivity index (χ2v) is 6.61. The van der Waals surface area contributed by atoms with Crippen molar-refractivity contribution in [2.45, 2.75) is 12.7 Å². The van der Waals surface area contributed by atoms with Crippen LogP contribution in [0.5, 0.6) is 0 Å². The fourth-order valence-corrected chi connectivity index (χ4v) is 3.48. The zero-order chi connectivity index (χ0) is 18.1. The molecule has 1 aliphatic carbocycles. The Morgan fingerprint density at radius 1 is 1.12 bits per heavy atom. The number of imide groups is 1. The molecule has 1 aromatic carbocycles. The Kier molecular flexibility index (Phi) is 4.23. The van der Waals surface area contributed by atoms with E-state index in [-0.39, 0.29) is 30.2 Å². The molecule has 2 amide bonds. The lowest BCUT2D eigenvalue weighted by molar-refractivity contribution is -0.149. The predicted octanol–water partition coefficient (Wildman–Crippen LogP) is 1.98. The van der Waals surface area contributed by atoms with Crippen molar-refractivity contribution in [1.82, 2.24) is 4.90 Å². The van der Waals surface area contributed by atoms with Gasteiger partial charge in [0.05, 0.1) is 31.6 Å². The summed E-state index contributed by atoms with van der Waals surface area (Å²) in [6.45, 7) is 3.12. The van der Waals surface area contributed by atoms with Crippen LogP contribution in [0.3, 0.4) is 0 Å². The number of allylic oxidation sites excluding steroid dienone is 2. The fourth-order valence-electron chi connectivity index (χ4n) is 3.48. The van der Waals surface area contributed by atoms with Crippen molar-refractivity contribution in [3.63, 3.8) is 0 Å². The van der Waals surface area contributed by atoms with Gasteiger partial charge in [0.1, 0.15) is 0 Å². The maximum atomic E-state index is 12.4. The maximum absolute atomic E-state index is 12.4. The van der Waals surface area contributed by atoms with Gasteiger partial charge in [-0.1, -0.05) is 48.3 Å². The zero-order valence-electron chi connectivity index (χ0n) is 14.5. The third-order valence-electron chi connectivity index (χ3n) is 4.93. The van der Waals surface area contributed by atoms with Gasteiger partial charge < -0.3 is 9.47 Å². The largest absolute Gasteiger partial charge is 0.344 e. The monoisotopic (exact) mass is 349 g/mol. The number of hydrogen-bond acceptors (Lipinski definition) is 4. The smallest absolute Gasteiger partial charge is 0.238 e. The Hall–Kier alpha value is -2.68. The number of amides is 2. The Bertz CT molecular complexity index is 837. The standard InChI is InChI=1S/C21H19NO4/c1-21(25-12-13-26-21)16-8-4-6-15(14-16)7-5-11-22-19(23)17-9-2-3-10-18(17)20(22)24/h2-4,6,8-10,14,17-18H,11-13H2,1H3. The number of rotatable bonds is 2. The first-order valence-corrected chi connectivity index (χ1v) is 8.66. The molecule has 4 rings (SSSR count). The molecule has 132 valence electrons. The van der Waals surface area contributed by atoms with Crippen LogP contribution in [0.25, 0.3) is 0 Å². The van der Waals surface area contributed by atoms with E-state index in [4.69, 9.17) is 9.47 Å². The van der Waals surface area contributed by atoms with Crippen molar-refractivity contribution >= 4 is 11.8 Å². The molecule has 0 N–H and O–H groups in total. The van der Waals surface area contributed by atoms with Crippen LogP contribution in [0.15, 0.2) is 48.6 Å². The number of fused-ring (bicyclic) bond motifs is 1. The quantitative estimate of drug-likeness (QED) is 0.605. The van der Waals surface area contributed by atoms with Crippen LogP contribution in [0.1, 0.15) is 18.1 Å². The Labute approximate surface area is 152 Å². The molecule has 2 heterocycles. The maximum Gasteiger partial charge on any atom is 0.238 e. The van der Waals surface area contributed by atoms with Crippen LogP contribution in [0.4, 0.5) is 0 Å². The van der Waals surface area contributed by atoms with Crippen LogP contribution in [0, 0.1) is 23.7 Å². The highest BCUT2D eigenvalue weighted by Crippen LogP contribution is 2.32. The number of carbonyl (C=O) groups is 2. The third kappa shape index (κ3) is 2.88. The molecule has 5 heteroatoms. The number of benzene rings is 1. The first kappa shape index (κ1) is 16.8. The lowest BCUT2D eigenvalue weighted by Crippen LogP contribution is -2.31. The highest BCUT2D eigenvalue weighted by Gasteiger charge is 2.45. The molecule has 2 aliphatic heterocycles. The van der Waals surface area contributed by atoms with Crippen LogP contribution < -0.4 is 0 Å². The fraction of sp³-hybridized carbons (Fsp3) is 0.333. The highest BCUT2D eigenvalue weighted by molar-refractivity contribution is 6.07. The van der Waals surface area contributed by atoms with Crippen molar-refractivity contribution in [2.24, 2.45) is 11.8 Å². The number of likely N-dealkylation sites (tertiary alicyclic amines) is 1. The topological polar surface area (TPSA) is 55.8 Å². The van der Waals surface area contributed by atoms with Crippen molar-refractivity contribution in [1.29, 1.82) is 0 Å². The molecule has 2 fully saturated rings. The molecule has 1 aromatic rings. The molecular formula is C21H19NO4. The molecule has 26 heavy (non-hydrogen) atoms. The first-order chi connectivity index (χ1) is 12.6. The summed E-state index contributed by atoms with van der Waals surface area (Å²) in [6, 6.07) is 7.63. The van der Waals surface area contributed by atoms with Gasteiger partial charge in [0.25, 0.3) is 0 Å². The molecule has 0 aromatic heterocycles. The summed E-state index contributed by atoms with van der Waals surface area (Å²) in [5.74, 6) is 4.12. The summed E-state index contributed by atoms with van der Waals surface area (Å²) in [5, 5.41) is 0. The van der Waals surface area contributed by atoms with Gasteiger partial charge in [-0.05, 0) is 19.1 Å². The van der Waals surface area contributed by atoms with E-state index < -0.39 is 5.79 Å². The van der Waals surface area contributed by atoms with Crippen LogP contribution >= 0.6 is 0 Å². The van der Waals surface area contributed by atoms with E-state index in [1.807, 2.05) is 31.2 Å². The Morgan fingerprint density at radius 3 is 2.42 bits per heavy atom. The molecule has 0 radical (unpaired) electrons. The van der Waals surface area contributed by atoms with E-state index >= 15 is 0 Å². The van der Waals surface area contributed by atoms with Gasteiger partial charge in [-0.3, -0.25) is 14.5 Å². The summed E-state index contributed by atoms with van der Waals surface area (Å²) in [5.41, 5.74) is 1.69. The van der Waals surface area contributed by atoms with E-state index in [9.17, 15) is 9.59 Å². The second-order valence-electron chi connectivity index (χ2n) is 6.61. The van der Waals surface area contributed by atoms with Crippen LogP contribution in [-0.4, -0.2) is 36.5 Å². The van der Waals surface area contributed by atoms with E-state index in [0.717, 1.165) is 11.1 Å². The van der Waals surface area contributed by atoms with Gasteiger partial charge in [-0.25, -0.2) is 0 Å². The molecule has 5 nitrogen and oxygen atoms in total. The molecule has 2 saturated heterocycles. The predicted molar refractivity (Wildman–Crippen MR) is 94.6 cm³/mol. The molecule has 3 aliphatic rings. The minimum absolute atomic E-state index is 0.0981. The lowest BCUT2D eigenvalue weighted by Gasteiger charge is -2.22. The first-order valence-electron chi connectivity index (χ1n) is 8.66. The minimum Gasteiger partial charge on any atom is -0.344 e. The third-order valence-corrected chi connectivity index (χ3v) is 4.93. The minimum atomic E-state index is -0.743. The zero-order valence-corrected chi connectivity index (χ0v) is 14.5. The van der Waals surface area contributed by atoms with Crippen molar-refractivity contribution in [3.8, 4) is 11.8 Å². The summed E-state index contributed by atoms with van der Waals surface area (Å²) >= 11 is 0. The van der Waals surface area contributed by atoms with Crippen LogP contribution in [0.2, 0.25) is 0 Å². The van der Waals surface area contributed by atoms with Crippen molar-refractivity contribution in [2.75, 3.05) is 19.8 Å². The Balaban J connectivity index is 1.49. The number of hydrogen-bond donors (Lipinski definition) is 0. The van der Waals surface area contributed by atoms with Gasteiger partial charge in [-0.15, -0.1) is 0 Å². The average molecular weight is 349 g/mol. The average Bonchev–Trinajstić information content (AvgIpc) is 3.21. The molecule has 0 saturated carbocycles. The number of ether oxygens (including phenoxy) is 2. The highest BCUT2D eigenvalue weighted by atomic mass is 16.7. The number of nitrogens with zero attached hydrogens (tertiary/aromatic N) is 1. The van der Waals surface area contributed by atoms with Gasteiger partial charge in [0.15, 0.2) is 5.79 Å². The van der Waals surface area contributed by atoms with Crippen molar-refractivity contribution in [3.05, 3.63) is 59.7 Å². The SMILES string of the molecule is CC1(c2cccc(C#CCN3C(=O)C4C=CC=CC4C3=O)c2)OCCO1. The van der Waals surface area contributed by atoms with Gasteiger partial charge in [-0.2, -0.15) is 0 Å². The normalized spacial score (nSPS) is 26.0. The van der Waals surface area contributed by atoms with Crippen LogP contribution in [-0.2, 0) is 24.8 Å². The van der Waals surface area contributed by atoms with E-state index in [2.05, 4.69) is 11.8 Å². The number of carbonyl (C=O) groups excluding carboxylic acids is 2. The lowest BCUT2D eigenvalue weighted by atomic mass is 9.91. The van der Waals surface area contributed by atoms with E-state index in [1.165, 1.54) is 4.90 Å². The second kappa shape index (κ2) is 6.56. The van der Waals surface area contributed by atoms with Crippen molar-refractivity contribution < 1.29 is 19.1 Å². The summed E-state index contributed by atoms with van der Waals surface area (Å²) in [7, 11) is 0. The summed E-state index contributed by atoms with van der Waals surface area (Å²) < 4.78 is 11.3. The molecule has 2 atom stereocenters. The van der Waals surface area contributed by atoms with Gasteiger partial charge >= 0.3 is 0 Å². The molecule has 0 spiro atoms. The molecule has 2 unspecified atom stereocenters.